The molecule has 134 valence electrons. The second-order valence-electron chi connectivity index (χ2n) is 5.87. The van der Waals surface area contributed by atoms with Crippen molar-refractivity contribution in [2.75, 3.05) is 19.7 Å². The fourth-order valence-corrected chi connectivity index (χ4v) is 3.66. The predicted molar refractivity (Wildman–Crippen MR) is 95.6 cm³/mol. The van der Waals surface area contributed by atoms with E-state index >= 15 is 0 Å². The van der Waals surface area contributed by atoms with E-state index in [0.29, 0.717) is 42.6 Å². The van der Waals surface area contributed by atoms with Crippen LogP contribution in [-0.2, 0) is 28.9 Å². The topological polar surface area (TPSA) is 71.8 Å². The summed E-state index contributed by atoms with van der Waals surface area (Å²) in [6, 6.07) is 3.54. The van der Waals surface area contributed by atoms with Crippen molar-refractivity contribution >= 4 is 46.2 Å². The number of carbonyl (C=O) groups is 2. The number of benzene rings is 1. The van der Waals surface area contributed by atoms with Gasteiger partial charge >= 0.3 is 12.1 Å². The fourth-order valence-electron chi connectivity index (χ4n) is 3.34. The zero-order valence-corrected chi connectivity index (χ0v) is 15.2. The Balaban J connectivity index is 2.11. The molecule has 2 heterocycles. The first kappa shape index (κ1) is 17.9. The Hall–Kier alpha value is -1.92. The van der Waals surface area contributed by atoms with Crippen molar-refractivity contribution in [3.63, 3.8) is 0 Å². The molecule has 1 aliphatic heterocycles. The molecular weight excluding hydrogens is 367 g/mol. The van der Waals surface area contributed by atoms with Gasteiger partial charge in [-0.1, -0.05) is 23.2 Å². The highest BCUT2D eigenvalue weighted by molar-refractivity contribution is 6.42. The van der Waals surface area contributed by atoms with E-state index in [2.05, 4.69) is 0 Å². The van der Waals surface area contributed by atoms with E-state index in [1.165, 1.54) is 4.90 Å². The van der Waals surface area contributed by atoms with Gasteiger partial charge in [0.25, 0.3) is 0 Å². The van der Waals surface area contributed by atoms with Gasteiger partial charge in [0, 0.05) is 30.6 Å². The summed E-state index contributed by atoms with van der Waals surface area (Å²) in [5.74, 6) is -0.340. The van der Waals surface area contributed by atoms with Gasteiger partial charge in [-0.2, -0.15) is 0 Å². The van der Waals surface area contributed by atoms with Gasteiger partial charge in [0.2, 0.25) is 0 Å². The van der Waals surface area contributed by atoms with Gasteiger partial charge in [0.15, 0.2) is 0 Å². The third-order valence-corrected chi connectivity index (χ3v) is 5.16. The summed E-state index contributed by atoms with van der Waals surface area (Å²) in [6.45, 7) is 2.90. The summed E-state index contributed by atoms with van der Waals surface area (Å²) in [5, 5.41) is 11.0. The molecule has 0 radical (unpaired) electrons. The average Bonchev–Trinajstić information content (AvgIpc) is 2.72. The van der Waals surface area contributed by atoms with Crippen molar-refractivity contribution in [2.24, 2.45) is 0 Å². The van der Waals surface area contributed by atoms with Gasteiger partial charge in [-0.3, -0.25) is 4.79 Å². The van der Waals surface area contributed by atoms with Gasteiger partial charge in [-0.15, -0.1) is 0 Å². The molecule has 1 N–H and O–H groups in total. The van der Waals surface area contributed by atoms with E-state index in [-0.39, 0.29) is 12.5 Å². The van der Waals surface area contributed by atoms with Crippen LogP contribution >= 0.6 is 23.2 Å². The van der Waals surface area contributed by atoms with Crippen LogP contribution in [-0.4, -0.2) is 46.3 Å². The Labute approximate surface area is 154 Å². The van der Waals surface area contributed by atoms with Crippen LogP contribution in [0.1, 0.15) is 18.2 Å². The lowest BCUT2D eigenvalue weighted by Crippen LogP contribution is -2.32. The zero-order chi connectivity index (χ0) is 18.1. The van der Waals surface area contributed by atoms with Crippen LogP contribution in [0.25, 0.3) is 10.9 Å². The maximum absolute atomic E-state index is 12.0. The molecule has 0 fully saturated rings. The first-order chi connectivity index (χ1) is 11.9. The smallest absolute Gasteiger partial charge is 0.407 e. The number of carboxylic acid groups (broad SMARTS) is 1. The second kappa shape index (κ2) is 7.14. The van der Waals surface area contributed by atoms with Crippen LogP contribution in [0.3, 0.4) is 0 Å². The molecule has 0 saturated heterocycles. The van der Waals surface area contributed by atoms with Crippen molar-refractivity contribution in [3.05, 3.63) is 33.4 Å². The largest absolute Gasteiger partial charge is 0.465 e. The Morgan fingerprint density at radius 1 is 1.20 bits per heavy atom. The third kappa shape index (κ3) is 3.41. The number of rotatable bonds is 3. The first-order valence-corrected chi connectivity index (χ1v) is 8.80. The summed E-state index contributed by atoms with van der Waals surface area (Å²) in [5.41, 5.74) is 2.77. The standard InChI is InChI=1S/C17H18Cl2N2O4/c1-2-25-16(22)9-21-14-4-6-20(17(23)24)5-3-10(14)11-7-12(18)13(19)8-15(11)21/h7-8H,2-6,9H2,1H3,(H,23,24). The molecule has 1 amide bonds. The number of nitrogens with zero attached hydrogens (tertiary/aromatic N) is 2. The summed E-state index contributed by atoms with van der Waals surface area (Å²) >= 11 is 12.3. The van der Waals surface area contributed by atoms with Crippen LogP contribution in [0.4, 0.5) is 4.79 Å². The highest BCUT2D eigenvalue weighted by Crippen LogP contribution is 2.35. The van der Waals surface area contributed by atoms with Crippen LogP contribution in [0, 0.1) is 0 Å². The SMILES string of the molecule is CCOC(=O)Cn1c2c(c3cc(Cl)c(Cl)cc31)CCN(C(=O)O)CC2. The molecular formula is C17H18Cl2N2O4. The molecule has 0 atom stereocenters. The summed E-state index contributed by atoms with van der Waals surface area (Å²) < 4.78 is 6.95. The Morgan fingerprint density at radius 2 is 1.88 bits per heavy atom. The maximum atomic E-state index is 12.0. The lowest BCUT2D eigenvalue weighted by Gasteiger charge is -2.16. The van der Waals surface area contributed by atoms with E-state index in [1.54, 1.807) is 19.1 Å². The van der Waals surface area contributed by atoms with Crippen LogP contribution < -0.4 is 0 Å². The number of fused-ring (bicyclic) bond motifs is 3. The van der Waals surface area contributed by atoms with Crippen molar-refractivity contribution in [2.45, 2.75) is 26.3 Å². The zero-order valence-electron chi connectivity index (χ0n) is 13.7. The number of hydrogen-bond acceptors (Lipinski definition) is 3. The molecule has 1 aliphatic rings. The van der Waals surface area contributed by atoms with Gasteiger partial charge in [-0.05, 0) is 31.0 Å². The number of hydrogen-bond donors (Lipinski definition) is 1. The van der Waals surface area contributed by atoms with Crippen molar-refractivity contribution < 1.29 is 19.4 Å². The molecule has 1 aromatic heterocycles. The molecule has 0 unspecified atom stereocenters. The van der Waals surface area contributed by atoms with E-state index in [0.717, 1.165) is 22.2 Å². The van der Waals surface area contributed by atoms with Gasteiger partial charge in [-0.25, -0.2) is 4.79 Å². The molecule has 0 saturated carbocycles. The molecule has 8 heteroatoms. The summed E-state index contributed by atoms with van der Waals surface area (Å²) in [6.07, 6.45) is 0.143. The first-order valence-electron chi connectivity index (χ1n) is 8.04. The van der Waals surface area contributed by atoms with Gasteiger partial charge < -0.3 is 19.3 Å². The van der Waals surface area contributed by atoms with Crippen molar-refractivity contribution in [1.29, 1.82) is 0 Å². The number of esters is 1. The van der Waals surface area contributed by atoms with Crippen LogP contribution in [0.5, 0.6) is 0 Å². The van der Waals surface area contributed by atoms with E-state index in [9.17, 15) is 14.7 Å². The monoisotopic (exact) mass is 384 g/mol. The number of carbonyl (C=O) groups excluding carboxylic acids is 1. The molecule has 0 aliphatic carbocycles. The van der Waals surface area contributed by atoms with Crippen LogP contribution in [0.15, 0.2) is 12.1 Å². The number of aromatic nitrogens is 1. The molecule has 0 spiro atoms. The number of ether oxygens (including phenoxy) is 1. The molecule has 1 aromatic carbocycles. The summed E-state index contributed by atoms with van der Waals surface area (Å²) in [7, 11) is 0. The maximum Gasteiger partial charge on any atom is 0.407 e. The van der Waals surface area contributed by atoms with Crippen molar-refractivity contribution in [3.8, 4) is 0 Å². The normalized spacial score (nSPS) is 14.3. The van der Waals surface area contributed by atoms with E-state index in [1.807, 2.05) is 4.57 Å². The molecule has 0 bridgehead atoms. The van der Waals surface area contributed by atoms with Gasteiger partial charge in [0.1, 0.15) is 6.54 Å². The predicted octanol–water partition coefficient (Wildman–Crippen LogP) is 3.59. The molecule has 3 rings (SSSR count). The lowest BCUT2D eigenvalue weighted by atomic mass is 10.1. The Kier molecular flexibility index (Phi) is 5.11. The van der Waals surface area contributed by atoms with E-state index < -0.39 is 6.09 Å². The molecule has 6 nitrogen and oxygen atoms in total. The minimum atomic E-state index is -0.938. The minimum Gasteiger partial charge on any atom is -0.465 e. The summed E-state index contributed by atoms with van der Waals surface area (Å²) in [4.78, 5) is 24.7. The van der Waals surface area contributed by atoms with E-state index in [4.69, 9.17) is 27.9 Å². The van der Waals surface area contributed by atoms with Crippen LogP contribution in [0.2, 0.25) is 10.0 Å². The highest BCUT2D eigenvalue weighted by Gasteiger charge is 2.25. The minimum absolute atomic E-state index is 0.0602. The lowest BCUT2D eigenvalue weighted by molar-refractivity contribution is -0.143. The Bertz CT molecular complexity index is 847. The second-order valence-corrected chi connectivity index (χ2v) is 6.68. The highest BCUT2D eigenvalue weighted by atomic mass is 35.5. The third-order valence-electron chi connectivity index (χ3n) is 4.44. The van der Waals surface area contributed by atoms with Gasteiger partial charge in [0.05, 0.1) is 22.2 Å². The van der Waals surface area contributed by atoms with Crippen molar-refractivity contribution in [1.82, 2.24) is 9.47 Å². The fraction of sp³-hybridized carbons (Fsp3) is 0.412. The molecule has 2 aromatic rings. The number of halogens is 2. The quantitative estimate of drug-likeness (QED) is 0.820. The number of amides is 1. The molecule has 25 heavy (non-hydrogen) atoms. The Morgan fingerprint density at radius 3 is 2.56 bits per heavy atom. The average molecular weight is 385 g/mol.